The molecule has 0 bridgehead atoms. The van der Waals surface area contributed by atoms with Crippen molar-refractivity contribution < 1.29 is 14.3 Å². The van der Waals surface area contributed by atoms with Gasteiger partial charge in [-0.2, -0.15) is 0 Å². The van der Waals surface area contributed by atoms with E-state index in [9.17, 15) is 4.79 Å². The minimum absolute atomic E-state index is 0.00242. The highest BCUT2D eigenvalue weighted by molar-refractivity contribution is 5.96. The highest BCUT2D eigenvalue weighted by atomic mass is 16.5. The van der Waals surface area contributed by atoms with Crippen LogP contribution in [0.5, 0.6) is 5.75 Å². The zero-order valence-electron chi connectivity index (χ0n) is 9.44. The number of para-hydroxylation sites is 1. The lowest BCUT2D eigenvalue weighted by atomic mass is 10.1. The van der Waals surface area contributed by atoms with E-state index >= 15 is 0 Å². The van der Waals surface area contributed by atoms with E-state index in [1.807, 2.05) is 12.1 Å². The Balaban J connectivity index is 2.47. The number of ether oxygens (including phenoxy) is 2. The number of ketones is 1. The molecule has 0 atom stereocenters. The van der Waals surface area contributed by atoms with Gasteiger partial charge in [-0.1, -0.05) is 18.2 Å². The summed E-state index contributed by atoms with van der Waals surface area (Å²) in [6.45, 7) is 6.49. The number of hydrogen-bond donors (Lipinski definition) is 0. The molecule has 0 heterocycles. The van der Waals surface area contributed by atoms with E-state index in [4.69, 9.17) is 9.47 Å². The maximum atomic E-state index is 11.3. The molecule has 0 spiro atoms. The van der Waals surface area contributed by atoms with Crippen LogP contribution < -0.4 is 4.74 Å². The summed E-state index contributed by atoms with van der Waals surface area (Å²) in [5.41, 5.74) is 0.603. The van der Waals surface area contributed by atoms with Crippen molar-refractivity contribution in [2.75, 3.05) is 19.8 Å². The molecule has 1 rings (SSSR count). The Labute approximate surface area is 95.7 Å². The Bertz CT molecular complexity index is 358. The normalized spacial score (nSPS) is 9.81. The lowest BCUT2D eigenvalue weighted by molar-refractivity contribution is 0.0999. The lowest BCUT2D eigenvalue weighted by Gasteiger charge is -2.09. The van der Waals surface area contributed by atoms with Gasteiger partial charge in [-0.15, -0.1) is 6.58 Å². The molecular weight excluding hydrogens is 204 g/mol. The summed E-state index contributed by atoms with van der Waals surface area (Å²) in [6, 6.07) is 7.19. The van der Waals surface area contributed by atoms with Crippen molar-refractivity contribution in [3.63, 3.8) is 0 Å². The van der Waals surface area contributed by atoms with Gasteiger partial charge >= 0.3 is 0 Å². The SMILES string of the molecule is C=CCOCCOc1ccccc1C(C)=O. The van der Waals surface area contributed by atoms with Crippen molar-refractivity contribution in [3.05, 3.63) is 42.5 Å². The van der Waals surface area contributed by atoms with Crippen LogP contribution in [0.4, 0.5) is 0 Å². The van der Waals surface area contributed by atoms with Gasteiger partial charge in [0.1, 0.15) is 12.4 Å². The van der Waals surface area contributed by atoms with Crippen LogP contribution >= 0.6 is 0 Å². The van der Waals surface area contributed by atoms with E-state index in [1.165, 1.54) is 6.92 Å². The largest absolute Gasteiger partial charge is 0.490 e. The molecule has 0 aliphatic rings. The van der Waals surface area contributed by atoms with Gasteiger partial charge < -0.3 is 9.47 Å². The molecule has 0 saturated heterocycles. The molecule has 3 heteroatoms. The summed E-state index contributed by atoms with van der Waals surface area (Å²) < 4.78 is 10.6. The fraction of sp³-hybridized carbons (Fsp3) is 0.308. The van der Waals surface area contributed by atoms with Crippen LogP contribution in [0.15, 0.2) is 36.9 Å². The van der Waals surface area contributed by atoms with Gasteiger partial charge in [-0.05, 0) is 19.1 Å². The number of carbonyl (C=O) groups excluding carboxylic acids is 1. The summed E-state index contributed by atoms with van der Waals surface area (Å²) in [4.78, 5) is 11.3. The van der Waals surface area contributed by atoms with Gasteiger partial charge in [0, 0.05) is 0 Å². The molecule has 16 heavy (non-hydrogen) atoms. The second-order valence-electron chi connectivity index (χ2n) is 3.26. The van der Waals surface area contributed by atoms with Gasteiger partial charge in [0.05, 0.1) is 18.8 Å². The molecule has 86 valence electrons. The molecule has 1 aromatic rings. The predicted octanol–water partition coefficient (Wildman–Crippen LogP) is 2.47. The highest BCUT2D eigenvalue weighted by Gasteiger charge is 2.06. The summed E-state index contributed by atoms with van der Waals surface area (Å²) >= 11 is 0. The summed E-state index contributed by atoms with van der Waals surface area (Å²) in [6.07, 6.45) is 1.68. The average molecular weight is 220 g/mol. The van der Waals surface area contributed by atoms with Crippen LogP contribution in [-0.4, -0.2) is 25.6 Å². The topological polar surface area (TPSA) is 35.5 Å². The minimum Gasteiger partial charge on any atom is -0.490 e. The molecule has 3 nitrogen and oxygen atoms in total. The monoisotopic (exact) mass is 220 g/mol. The maximum Gasteiger partial charge on any atom is 0.163 e. The van der Waals surface area contributed by atoms with Gasteiger partial charge in [0.2, 0.25) is 0 Å². The predicted molar refractivity (Wildman–Crippen MR) is 63.0 cm³/mol. The third-order valence-electron chi connectivity index (χ3n) is 1.99. The Kier molecular flexibility index (Phi) is 5.29. The fourth-order valence-corrected chi connectivity index (χ4v) is 1.26. The van der Waals surface area contributed by atoms with Crippen LogP contribution in [0, 0.1) is 0 Å². The quantitative estimate of drug-likeness (QED) is 0.402. The highest BCUT2D eigenvalue weighted by Crippen LogP contribution is 2.17. The van der Waals surface area contributed by atoms with Gasteiger partial charge in [-0.3, -0.25) is 4.79 Å². The first-order valence-corrected chi connectivity index (χ1v) is 5.17. The van der Waals surface area contributed by atoms with Crippen LogP contribution in [0.25, 0.3) is 0 Å². The summed E-state index contributed by atoms with van der Waals surface area (Å²) in [7, 11) is 0. The second-order valence-corrected chi connectivity index (χ2v) is 3.26. The molecule has 0 amide bonds. The van der Waals surface area contributed by atoms with Crippen molar-refractivity contribution in [2.45, 2.75) is 6.92 Å². The first-order valence-electron chi connectivity index (χ1n) is 5.17. The zero-order valence-corrected chi connectivity index (χ0v) is 9.44. The molecule has 0 saturated carbocycles. The maximum absolute atomic E-state index is 11.3. The van der Waals surface area contributed by atoms with E-state index in [0.717, 1.165) is 0 Å². The Morgan fingerprint density at radius 2 is 2.12 bits per heavy atom. The van der Waals surface area contributed by atoms with Crippen molar-refractivity contribution >= 4 is 5.78 Å². The molecule has 0 fully saturated rings. The number of Topliss-reactive ketones (excluding diaryl/α,β-unsaturated/α-hetero) is 1. The first-order chi connectivity index (χ1) is 7.75. The second kappa shape index (κ2) is 6.80. The van der Waals surface area contributed by atoms with Crippen molar-refractivity contribution in [1.29, 1.82) is 0 Å². The number of benzene rings is 1. The molecule has 0 radical (unpaired) electrons. The summed E-state index contributed by atoms with van der Waals surface area (Å²) in [5.74, 6) is 0.611. The lowest BCUT2D eigenvalue weighted by Crippen LogP contribution is -2.08. The number of rotatable bonds is 7. The zero-order chi connectivity index (χ0) is 11.8. The first kappa shape index (κ1) is 12.5. The number of carbonyl (C=O) groups is 1. The third-order valence-corrected chi connectivity index (χ3v) is 1.99. The van der Waals surface area contributed by atoms with Gasteiger partial charge in [0.25, 0.3) is 0 Å². The van der Waals surface area contributed by atoms with E-state index < -0.39 is 0 Å². The fourth-order valence-electron chi connectivity index (χ4n) is 1.26. The molecule has 0 aromatic heterocycles. The Morgan fingerprint density at radius 1 is 1.38 bits per heavy atom. The van der Waals surface area contributed by atoms with Gasteiger partial charge in [-0.25, -0.2) is 0 Å². The molecule has 0 aliphatic carbocycles. The van der Waals surface area contributed by atoms with Crippen LogP contribution in [0.2, 0.25) is 0 Å². The van der Waals surface area contributed by atoms with Crippen LogP contribution in [0.1, 0.15) is 17.3 Å². The van der Waals surface area contributed by atoms with E-state index in [0.29, 0.717) is 31.1 Å². The molecular formula is C13H16O3. The smallest absolute Gasteiger partial charge is 0.163 e. The number of hydrogen-bond acceptors (Lipinski definition) is 3. The van der Waals surface area contributed by atoms with E-state index in [1.54, 1.807) is 18.2 Å². The van der Waals surface area contributed by atoms with E-state index in [2.05, 4.69) is 6.58 Å². The molecule has 0 unspecified atom stereocenters. The Morgan fingerprint density at radius 3 is 2.81 bits per heavy atom. The van der Waals surface area contributed by atoms with Gasteiger partial charge in [0.15, 0.2) is 5.78 Å². The standard InChI is InChI=1S/C13H16O3/c1-3-8-15-9-10-16-13-7-5-4-6-12(13)11(2)14/h3-7H,1,8-10H2,2H3. The minimum atomic E-state index is 0.00242. The van der Waals surface area contributed by atoms with Crippen LogP contribution in [-0.2, 0) is 4.74 Å². The average Bonchev–Trinajstić information content (AvgIpc) is 2.29. The Hall–Kier alpha value is -1.61. The van der Waals surface area contributed by atoms with Crippen molar-refractivity contribution in [3.8, 4) is 5.75 Å². The third kappa shape index (κ3) is 3.87. The molecule has 0 N–H and O–H groups in total. The van der Waals surface area contributed by atoms with Crippen LogP contribution in [0.3, 0.4) is 0 Å². The van der Waals surface area contributed by atoms with Crippen molar-refractivity contribution in [1.82, 2.24) is 0 Å². The molecule has 1 aromatic carbocycles. The molecule has 0 aliphatic heterocycles. The van der Waals surface area contributed by atoms with E-state index in [-0.39, 0.29) is 5.78 Å². The summed E-state index contributed by atoms with van der Waals surface area (Å²) in [5, 5.41) is 0. The van der Waals surface area contributed by atoms with Crippen molar-refractivity contribution in [2.24, 2.45) is 0 Å².